The van der Waals surface area contributed by atoms with E-state index in [0.29, 0.717) is 22.4 Å². The van der Waals surface area contributed by atoms with Crippen molar-refractivity contribution in [2.75, 3.05) is 7.11 Å². The molecular formula is C24H26F3N3O5. The molecule has 0 aliphatic heterocycles. The van der Waals surface area contributed by atoms with Gasteiger partial charge in [-0.1, -0.05) is 0 Å². The van der Waals surface area contributed by atoms with E-state index in [1.807, 2.05) is 0 Å². The monoisotopic (exact) mass is 493 g/mol. The Balaban J connectivity index is 1.72. The van der Waals surface area contributed by atoms with Gasteiger partial charge in [-0.05, 0) is 50.6 Å². The summed E-state index contributed by atoms with van der Waals surface area (Å²) in [5, 5.41) is 16.9. The topological polar surface area (TPSA) is 94.3 Å². The standard InChI is InChI=1S/C24H26F3N3O5/c1-12(24(2,3)32)34-14-5-6-18-15(10-28-30(18)11-14)13-7-19(33-4)21(20(8-13)35-23(26)27)22(31)29-17-9-16(17)25/h5-8,10-12,16-17,23,32H,9H2,1-4H3,(H,29,31)/t12-,16-,17?/m0/s1. The number of nitrogens with zero attached hydrogens (tertiary/aromatic N) is 2. The number of methoxy groups -OCH3 is 1. The number of hydrogen-bond acceptors (Lipinski definition) is 6. The summed E-state index contributed by atoms with van der Waals surface area (Å²) in [6.07, 6.45) is 1.66. The van der Waals surface area contributed by atoms with Crippen molar-refractivity contribution in [1.82, 2.24) is 14.9 Å². The van der Waals surface area contributed by atoms with E-state index in [4.69, 9.17) is 9.47 Å². The predicted octanol–water partition coefficient (Wildman–Crippen LogP) is 3.99. The third kappa shape index (κ3) is 5.29. The Morgan fingerprint density at radius 2 is 1.94 bits per heavy atom. The smallest absolute Gasteiger partial charge is 0.387 e. The second-order valence-electron chi connectivity index (χ2n) is 8.93. The second kappa shape index (κ2) is 9.29. The average molecular weight is 493 g/mol. The number of rotatable bonds is 9. The molecule has 1 fully saturated rings. The lowest BCUT2D eigenvalue weighted by Gasteiger charge is -2.26. The van der Waals surface area contributed by atoms with Crippen molar-refractivity contribution >= 4 is 11.4 Å². The van der Waals surface area contributed by atoms with Crippen LogP contribution in [0.15, 0.2) is 36.7 Å². The number of alkyl halides is 3. The molecule has 1 aliphatic rings. The number of nitrogens with one attached hydrogen (secondary N) is 1. The van der Waals surface area contributed by atoms with Crippen molar-refractivity contribution in [3.63, 3.8) is 0 Å². The molecule has 0 saturated heterocycles. The van der Waals surface area contributed by atoms with Crippen LogP contribution in [0.1, 0.15) is 37.6 Å². The van der Waals surface area contributed by atoms with Crippen molar-refractivity contribution in [3.05, 3.63) is 42.2 Å². The van der Waals surface area contributed by atoms with Gasteiger partial charge in [0, 0.05) is 12.0 Å². The molecule has 2 heterocycles. The van der Waals surface area contributed by atoms with E-state index in [1.165, 1.54) is 30.0 Å². The third-order valence-electron chi connectivity index (χ3n) is 5.87. The number of benzene rings is 1. The van der Waals surface area contributed by atoms with Gasteiger partial charge in [0.05, 0.1) is 36.7 Å². The SMILES string of the molecule is COc1cc(-c2cnn3cc(O[C@@H](C)C(C)(C)O)ccc23)cc(OC(F)F)c1C(=O)NC1C[C@@H]1F. The molecule has 2 aromatic heterocycles. The van der Waals surface area contributed by atoms with Crippen LogP contribution in [-0.4, -0.2) is 58.3 Å². The molecular weight excluding hydrogens is 467 g/mol. The molecule has 1 unspecified atom stereocenters. The number of halogens is 3. The van der Waals surface area contributed by atoms with Crippen LogP contribution >= 0.6 is 0 Å². The normalized spacial score (nSPS) is 18.4. The van der Waals surface area contributed by atoms with Gasteiger partial charge in [-0.3, -0.25) is 4.79 Å². The Morgan fingerprint density at radius 3 is 2.54 bits per heavy atom. The fourth-order valence-electron chi connectivity index (χ4n) is 3.48. The summed E-state index contributed by atoms with van der Waals surface area (Å²) in [5.74, 6) is -0.706. The summed E-state index contributed by atoms with van der Waals surface area (Å²) in [4.78, 5) is 12.7. The van der Waals surface area contributed by atoms with Crippen molar-refractivity contribution in [2.24, 2.45) is 0 Å². The van der Waals surface area contributed by atoms with Crippen LogP contribution in [-0.2, 0) is 0 Å². The number of pyridine rings is 1. The van der Waals surface area contributed by atoms with Crippen molar-refractivity contribution in [2.45, 2.75) is 57.7 Å². The Bertz CT molecular complexity index is 1240. The molecule has 2 N–H and O–H groups in total. The quantitative estimate of drug-likeness (QED) is 0.468. The number of carbonyl (C=O) groups is 1. The zero-order valence-electron chi connectivity index (χ0n) is 19.6. The molecule has 0 radical (unpaired) electrons. The summed E-state index contributed by atoms with van der Waals surface area (Å²) in [6.45, 7) is 1.82. The molecule has 0 bridgehead atoms. The molecule has 35 heavy (non-hydrogen) atoms. The van der Waals surface area contributed by atoms with E-state index in [1.54, 1.807) is 39.1 Å². The van der Waals surface area contributed by atoms with E-state index in [-0.39, 0.29) is 17.7 Å². The molecule has 8 nitrogen and oxygen atoms in total. The Kier molecular flexibility index (Phi) is 6.54. The van der Waals surface area contributed by atoms with Crippen molar-refractivity contribution in [1.29, 1.82) is 0 Å². The predicted molar refractivity (Wildman–Crippen MR) is 121 cm³/mol. The molecule has 3 atom stereocenters. The van der Waals surface area contributed by atoms with Gasteiger partial charge >= 0.3 is 6.61 Å². The fraction of sp³-hybridized carbons (Fsp3) is 0.417. The highest BCUT2D eigenvalue weighted by molar-refractivity contribution is 6.01. The van der Waals surface area contributed by atoms with Gasteiger partial charge < -0.3 is 24.6 Å². The van der Waals surface area contributed by atoms with Crippen LogP contribution in [0, 0.1) is 0 Å². The minimum atomic E-state index is -3.20. The molecule has 3 aromatic rings. The van der Waals surface area contributed by atoms with Gasteiger partial charge in [0.15, 0.2) is 0 Å². The second-order valence-corrected chi connectivity index (χ2v) is 8.93. The molecule has 188 valence electrons. The van der Waals surface area contributed by atoms with E-state index in [2.05, 4.69) is 15.2 Å². The number of aromatic nitrogens is 2. The van der Waals surface area contributed by atoms with Gasteiger partial charge in [0.1, 0.15) is 35.1 Å². The zero-order chi connectivity index (χ0) is 25.5. The highest BCUT2D eigenvalue weighted by Gasteiger charge is 2.40. The van der Waals surface area contributed by atoms with Gasteiger partial charge in [0.25, 0.3) is 5.91 Å². The number of hydrogen-bond donors (Lipinski definition) is 2. The summed E-state index contributed by atoms with van der Waals surface area (Å²) in [7, 11) is 1.29. The van der Waals surface area contributed by atoms with Crippen LogP contribution in [0.3, 0.4) is 0 Å². The number of aliphatic hydroxyl groups is 1. The third-order valence-corrected chi connectivity index (χ3v) is 5.87. The van der Waals surface area contributed by atoms with Gasteiger partial charge in [-0.15, -0.1) is 0 Å². The van der Waals surface area contributed by atoms with Gasteiger partial charge in [-0.2, -0.15) is 13.9 Å². The number of ether oxygens (including phenoxy) is 3. The van der Waals surface area contributed by atoms with E-state index in [0.717, 1.165) is 0 Å². The lowest BCUT2D eigenvalue weighted by atomic mass is 10.0. The highest BCUT2D eigenvalue weighted by atomic mass is 19.3. The highest BCUT2D eigenvalue weighted by Crippen LogP contribution is 2.38. The molecule has 11 heteroatoms. The first-order valence-corrected chi connectivity index (χ1v) is 11.0. The Morgan fingerprint density at radius 1 is 1.26 bits per heavy atom. The van der Waals surface area contributed by atoms with Crippen LogP contribution in [0.5, 0.6) is 17.2 Å². The van der Waals surface area contributed by atoms with Gasteiger partial charge in [-0.25, -0.2) is 8.91 Å². The Labute approximate surface area is 199 Å². The molecule has 0 spiro atoms. The first kappa shape index (κ1) is 24.6. The number of fused-ring (bicyclic) bond motifs is 1. The van der Waals surface area contributed by atoms with Crippen LogP contribution in [0.4, 0.5) is 13.2 Å². The maximum Gasteiger partial charge on any atom is 0.387 e. The number of carbonyl (C=O) groups excluding carboxylic acids is 1. The maximum absolute atomic E-state index is 13.3. The zero-order valence-corrected chi connectivity index (χ0v) is 19.6. The lowest BCUT2D eigenvalue weighted by Crippen LogP contribution is -2.37. The summed E-state index contributed by atoms with van der Waals surface area (Å²) >= 11 is 0. The van der Waals surface area contributed by atoms with Crippen LogP contribution < -0.4 is 19.5 Å². The van der Waals surface area contributed by atoms with Crippen molar-refractivity contribution in [3.8, 4) is 28.4 Å². The minimum Gasteiger partial charge on any atom is -0.496 e. The molecule has 1 amide bonds. The first-order chi connectivity index (χ1) is 16.5. The number of amides is 1. The lowest BCUT2D eigenvalue weighted by molar-refractivity contribution is -0.0502. The summed E-state index contributed by atoms with van der Waals surface area (Å²) in [5.41, 5.74) is 0.289. The first-order valence-electron chi connectivity index (χ1n) is 11.0. The van der Waals surface area contributed by atoms with Gasteiger partial charge in [0.2, 0.25) is 0 Å². The van der Waals surface area contributed by atoms with Crippen LogP contribution in [0.2, 0.25) is 0 Å². The fourth-order valence-corrected chi connectivity index (χ4v) is 3.48. The Hall–Kier alpha value is -3.47. The summed E-state index contributed by atoms with van der Waals surface area (Å²) in [6, 6.07) is 5.55. The van der Waals surface area contributed by atoms with Crippen LogP contribution in [0.25, 0.3) is 16.6 Å². The maximum atomic E-state index is 13.3. The van der Waals surface area contributed by atoms with E-state index >= 15 is 0 Å². The van der Waals surface area contributed by atoms with E-state index < -0.39 is 42.2 Å². The van der Waals surface area contributed by atoms with E-state index in [9.17, 15) is 23.1 Å². The van der Waals surface area contributed by atoms with Crippen molar-refractivity contribution < 1.29 is 37.3 Å². The summed E-state index contributed by atoms with van der Waals surface area (Å²) < 4.78 is 56.9. The molecule has 1 saturated carbocycles. The molecule has 1 aromatic carbocycles. The molecule has 1 aliphatic carbocycles. The largest absolute Gasteiger partial charge is 0.496 e. The average Bonchev–Trinajstić information content (AvgIpc) is 3.29. The minimum absolute atomic E-state index is 0.00925. The molecule has 4 rings (SSSR count).